The molecule has 0 spiro atoms. The van der Waals surface area contributed by atoms with E-state index in [9.17, 15) is 9.18 Å². The van der Waals surface area contributed by atoms with E-state index in [1.165, 1.54) is 29.5 Å². The molecule has 0 fully saturated rings. The Bertz CT molecular complexity index is 771. The van der Waals surface area contributed by atoms with Crippen LogP contribution < -0.4 is 4.74 Å². The summed E-state index contributed by atoms with van der Waals surface area (Å²) in [5.74, 6) is -0.462. The molecule has 0 atom stereocenters. The van der Waals surface area contributed by atoms with E-state index in [4.69, 9.17) is 9.15 Å². The smallest absolute Gasteiger partial charge is 0.311 e. The lowest BCUT2D eigenvalue weighted by atomic mass is 10.3. The molecule has 0 N–H and O–H groups in total. The second-order valence-corrected chi connectivity index (χ2v) is 5.20. The Hall–Kier alpha value is -2.54. The molecule has 5 nitrogen and oxygen atoms in total. The van der Waals surface area contributed by atoms with Gasteiger partial charge in [-0.15, -0.1) is 10.2 Å². The first-order chi connectivity index (χ1) is 10.7. The number of halogens is 1. The highest BCUT2D eigenvalue weighted by Crippen LogP contribution is 2.21. The normalized spacial score (nSPS) is 10.6. The number of thiophene rings is 1. The zero-order valence-electron chi connectivity index (χ0n) is 11.4. The van der Waals surface area contributed by atoms with E-state index in [1.807, 2.05) is 16.8 Å². The third-order valence-electron chi connectivity index (χ3n) is 2.84. The van der Waals surface area contributed by atoms with E-state index in [1.54, 1.807) is 6.07 Å². The van der Waals surface area contributed by atoms with E-state index < -0.39 is 11.8 Å². The molecule has 2 heterocycles. The Labute approximate surface area is 129 Å². The lowest BCUT2D eigenvalue weighted by molar-refractivity contribution is -0.134. The molecule has 0 radical (unpaired) electrons. The van der Waals surface area contributed by atoms with Crippen LogP contribution in [0.2, 0.25) is 0 Å². The molecule has 22 heavy (non-hydrogen) atoms. The number of aryl methyl sites for hydroxylation is 1. The molecule has 112 valence electrons. The molecule has 0 aliphatic heterocycles. The van der Waals surface area contributed by atoms with Crippen LogP contribution in [0.4, 0.5) is 4.39 Å². The van der Waals surface area contributed by atoms with Crippen molar-refractivity contribution in [1.82, 2.24) is 10.2 Å². The van der Waals surface area contributed by atoms with Crippen LogP contribution in [0.5, 0.6) is 5.75 Å². The topological polar surface area (TPSA) is 65.2 Å². The number of carbonyl (C=O) groups is 1. The van der Waals surface area contributed by atoms with Gasteiger partial charge in [0.25, 0.3) is 0 Å². The minimum Gasteiger partial charge on any atom is -0.423 e. The zero-order chi connectivity index (χ0) is 15.4. The van der Waals surface area contributed by atoms with Crippen LogP contribution in [-0.4, -0.2) is 16.2 Å². The number of aromatic nitrogens is 2. The number of hydrogen-bond acceptors (Lipinski definition) is 6. The van der Waals surface area contributed by atoms with Gasteiger partial charge < -0.3 is 9.15 Å². The van der Waals surface area contributed by atoms with Gasteiger partial charge in [0.15, 0.2) is 11.6 Å². The largest absolute Gasteiger partial charge is 0.423 e. The highest BCUT2D eigenvalue weighted by atomic mass is 32.1. The van der Waals surface area contributed by atoms with Crippen molar-refractivity contribution in [2.45, 2.75) is 12.8 Å². The average Bonchev–Trinajstić information content (AvgIpc) is 3.18. The van der Waals surface area contributed by atoms with Crippen LogP contribution in [0.1, 0.15) is 12.3 Å². The minimum atomic E-state index is -0.576. The molecule has 1 aromatic carbocycles. The number of para-hydroxylation sites is 1. The summed E-state index contributed by atoms with van der Waals surface area (Å²) in [6, 6.07) is 7.62. The van der Waals surface area contributed by atoms with E-state index in [-0.39, 0.29) is 18.6 Å². The van der Waals surface area contributed by atoms with Crippen LogP contribution in [0, 0.1) is 5.82 Å². The van der Waals surface area contributed by atoms with Crippen molar-refractivity contribution in [3.05, 3.63) is 52.8 Å². The van der Waals surface area contributed by atoms with Gasteiger partial charge in [-0.2, -0.15) is 11.3 Å². The summed E-state index contributed by atoms with van der Waals surface area (Å²) < 4.78 is 23.8. The molecular weight excluding hydrogens is 307 g/mol. The standard InChI is InChI=1S/C15H11FN2O3S/c16-11-3-1-2-4-12(11)20-14(19)6-5-13-17-18-15(21-13)10-7-8-22-9-10/h1-4,7-9H,5-6H2. The average molecular weight is 318 g/mol. The third kappa shape index (κ3) is 3.37. The first-order valence-corrected chi connectivity index (χ1v) is 7.47. The summed E-state index contributed by atoms with van der Waals surface area (Å²) >= 11 is 1.53. The number of rotatable bonds is 5. The Balaban J connectivity index is 1.56. The maximum Gasteiger partial charge on any atom is 0.311 e. The molecule has 0 amide bonds. The number of benzene rings is 1. The fraction of sp³-hybridized carbons (Fsp3) is 0.133. The second-order valence-electron chi connectivity index (χ2n) is 4.42. The van der Waals surface area contributed by atoms with Gasteiger partial charge in [-0.25, -0.2) is 4.39 Å². The fourth-order valence-electron chi connectivity index (χ4n) is 1.77. The molecule has 0 aliphatic carbocycles. The maximum atomic E-state index is 13.4. The molecule has 0 saturated heterocycles. The highest BCUT2D eigenvalue weighted by Gasteiger charge is 2.13. The molecule has 0 saturated carbocycles. The first kappa shape index (κ1) is 14.4. The first-order valence-electron chi connectivity index (χ1n) is 6.52. The third-order valence-corrected chi connectivity index (χ3v) is 3.52. The number of carbonyl (C=O) groups excluding carboxylic acids is 1. The molecule has 3 rings (SSSR count). The van der Waals surface area contributed by atoms with Gasteiger partial charge in [0.2, 0.25) is 11.8 Å². The molecule has 0 bridgehead atoms. The number of nitrogens with zero attached hydrogens (tertiary/aromatic N) is 2. The fourth-order valence-corrected chi connectivity index (χ4v) is 2.40. The number of hydrogen-bond donors (Lipinski definition) is 0. The van der Waals surface area contributed by atoms with Crippen molar-refractivity contribution in [1.29, 1.82) is 0 Å². The van der Waals surface area contributed by atoms with Crippen LogP contribution in [-0.2, 0) is 11.2 Å². The van der Waals surface area contributed by atoms with E-state index in [2.05, 4.69) is 10.2 Å². The van der Waals surface area contributed by atoms with E-state index in [0.29, 0.717) is 11.8 Å². The van der Waals surface area contributed by atoms with Crippen molar-refractivity contribution in [2.24, 2.45) is 0 Å². The van der Waals surface area contributed by atoms with Gasteiger partial charge in [-0.05, 0) is 23.6 Å². The molecule has 0 aliphatic rings. The Morgan fingerprint density at radius 1 is 1.27 bits per heavy atom. The van der Waals surface area contributed by atoms with Crippen molar-refractivity contribution < 1.29 is 18.3 Å². The second kappa shape index (κ2) is 6.48. The summed E-state index contributed by atoms with van der Waals surface area (Å²) in [5.41, 5.74) is 0.845. The zero-order valence-corrected chi connectivity index (χ0v) is 12.2. The monoisotopic (exact) mass is 318 g/mol. The summed E-state index contributed by atoms with van der Waals surface area (Å²) in [4.78, 5) is 11.7. The van der Waals surface area contributed by atoms with Crippen LogP contribution in [0.25, 0.3) is 11.5 Å². The minimum absolute atomic E-state index is 0.0274. The van der Waals surface area contributed by atoms with Crippen molar-refractivity contribution in [3.63, 3.8) is 0 Å². The van der Waals surface area contributed by atoms with Crippen molar-refractivity contribution in [2.75, 3.05) is 0 Å². The summed E-state index contributed by atoms with van der Waals surface area (Å²) in [6.45, 7) is 0. The van der Waals surface area contributed by atoms with Gasteiger partial charge in [0, 0.05) is 17.4 Å². The van der Waals surface area contributed by atoms with Crippen molar-refractivity contribution >= 4 is 17.3 Å². The maximum absolute atomic E-state index is 13.4. The Morgan fingerprint density at radius 3 is 2.91 bits per heavy atom. The predicted octanol–water partition coefficient (Wildman–Crippen LogP) is 3.48. The Kier molecular flexibility index (Phi) is 4.24. The highest BCUT2D eigenvalue weighted by molar-refractivity contribution is 7.08. The molecule has 3 aromatic rings. The Morgan fingerprint density at radius 2 is 2.14 bits per heavy atom. The molecule has 0 unspecified atom stereocenters. The van der Waals surface area contributed by atoms with E-state index in [0.717, 1.165) is 5.56 Å². The van der Waals surface area contributed by atoms with E-state index >= 15 is 0 Å². The molecule has 2 aromatic heterocycles. The lowest BCUT2D eigenvalue weighted by Gasteiger charge is -2.03. The van der Waals surface area contributed by atoms with Gasteiger partial charge in [-0.3, -0.25) is 4.79 Å². The lowest BCUT2D eigenvalue weighted by Crippen LogP contribution is -2.10. The van der Waals surface area contributed by atoms with Crippen LogP contribution in [0.15, 0.2) is 45.5 Å². The summed E-state index contributed by atoms with van der Waals surface area (Å²) in [7, 11) is 0. The number of esters is 1. The number of ether oxygens (including phenoxy) is 1. The molecular formula is C15H11FN2O3S. The van der Waals surface area contributed by atoms with Gasteiger partial charge in [-0.1, -0.05) is 12.1 Å². The van der Waals surface area contributed by atoms with Crippen LogP contribution in [0.3, 0.4) is 0 Å². The van der Waals surface area contributed by atoms with Gasteiger partial charge >= 0.3 is 5.97 Å². The van der Waals surface area contributed by atoms with Gasteiger partial charge in [0.05, 0.1) is 6.42 Å². The molecule has 7 heteroatoms. The summed E-state index contributed by atoms with van der Waals surface area (Å²) in [6.07, 6.45) is 0.268. The summed E-state index contributed by atoms with van der Waals surface area (Å²) in [5, 5.41) is 11.6. The predicted molar refractivity (Wildman–Crippen MR) is 78.0 cm³/mol. The van der Waals surface area contributed by atoms with Gasteiger partial charge in [0.1, 0.15) is 0 Å². The SMILES string of the molecule is O=C(CCc1nnc(-c2ccsc2)o1)Oc1ccccc1F. The van der Waals surface area contributed by atoms with Crippen molar-refractivity contribution in [3.8, 4) is 17.2 Å². The quantitative estimate of drug-likeness (QED) is 0.532. The van der Waals surface area contributed by atoms with Crippen LogP contribution >= 0.6 is 11.3 Å².